The fraction of sp³-hybridized carbons (Fsp3) is 0.125. The van der Waals surface area contributed by atoms with E-state index in [0.717, 1.165) is 0 Å². The molecule has 0 spiro atoms. The van der Waals surface area contributed by atoms with E-state index in [1.165, 1.54) is 0 Å². The van der Waals surface area contributed by atoms with Crippen molar-refractivity contribution >= 4 is 49.7 Å². The summed E-state index contributed by atoms with van der Waals surface area (Å²) in [5.74, 6) is -25.9. The number of carboxylic acid groups (broad SMARTS) is 2. The van der Waals surface area contributed by atoms with Gasteiger partial charge in [-0.3, -0.25) is 0 Å². The van der Waals surface area contributed by atoms with Crippen LogP contribution in [0.25, 0.3) is 0 Å². The molecule has 0 bridgehead atoms. The van der Waals surface area contributed by atoms with Crippen molar-refractivity contribution in [2.75, 3.05) is 0 Å². The molecule has 0 aliphatic carbocycles. The maximum Gasteiger partial charge on any atom is 2.00 e. The number of rotatable bonds is 4. The van der Waals surface area contributed by atoms with E-state index in [1.807, 2.05) is 0 Å². The van der Waals surface area contributed by atoms with Crippen LogP contribution in [0.2, 0.25) is 0 Å². The molecule has 31 heavy (non-hydrogen) atoms. The van der Waals surface area contributed by atoms with Gasteiger partial charge in [0.1, 0.15) is 0 Å². The van der Waals surface area contributed by atoms with Crippen LogP contribution in [0.4, 0.5) is 43.9 Å². The van der Waals surface area contributed by atoms with Crippen LogP contribution in [0.3, 0.4) is 0 Å². The molecular formula is C16H4CaF10O4. The van der Waals surface area contributed by atoms with Crippen molar-refractivity contribution < 1.29 is 63.7 Å². The van der Waals surface area contributed by atoms with Crippen molar-refractivity contribution in [3.63, 3.8) is 0 Å². The standard InChI is InChI=1S/2C8H3F5O2.Ca/c2*9-4-2(1-3(14)15)5(10)7(12)8(13)6(4)11;/h2*1H2,(H,14,15);/q;;+2/p-2. The Morgan fingerprint density at radius 3 is 0.774 bits per heavy atom. The molecular weight excluding hydrogens is 486 g/mol. The van der Waals surface area contributed by atoms with E-state index in [2.05, 4.69) is 0 Å². The van der Waals surface area contributed by atoms with E-state index >= 15 is 0 Å². The van der Waals surface area contributed by atoms with Crippen molar-refractivity contribution in [3.8, 4) is 0 Å². The van der Waals surface area contributed by atoms with Gasteiger partial charge in [-0.25, -0.2) is 43.9 Å². The zero-order valence-corrected chi connectivity index (χ0v) is 16.7. The fourth-order valence-corrected chi connectivity index (χ4v) is 1.90. The first-order chi connectivity index (χ1) is 13.7. The third-order valence-corrected chi connectivity index (χ3v) is 3.24. The number of carbonyl (C=O) groups is 2. The largest absolute Gasteiger partial charge is 2.00 e. The van der Waals surface area contributed by atoms with Crippen LogP contribution >= 0.6 is 0 Å². The zero-order valence-electron chi connectivity index (χ0n) is 14.5. The summed E-state index contributed by atoms with van der Waals surface area (Å²) in [4.78, 5) is 20.0. The molecule has 4 nitrogen and oxygen atoms in total. The Bertz CT molecular complexity index is 889. The summed E-state index contributed by atoms with van der Waals surface area (Å²) in [7, 11) is 0. The van der Waals surface area contributed by atoms with Gasteiger partial charge < -0.3 is 19.8 Å². The van der Waals surface area contributed by atoms with E-state index in [4.69, 9.17) is 0 Å². The van der Waals surface area contributed by atoms with E-state index in [0.29, 0.717) is 0 Å². The van der Waals surface area contributed by atoms with Crippen LogP contribution in [-0.2, 0) is 22.4 Å². The summed E-state index contributed by atoms with van der Waals surface area (Å²) in [6.07, 6.45) is -2.77. The SMILES string of the molecule is O=C([O-])Cc1c(F)c(F)c(F)c(F)c1F.O=C([O-])Cc1c(F)c(F)c(F)c(F)c1F.[Ca+2]. The zero-order chi connectivity index (χ0) is 23.5. The minimum absolute atomic E-state index is 0. The molecule has 0 aliphatic heterocycles. The first kappa shape index (κ1) is 28.9. The molecule has 0 saturated heterocycles. The maximum atomic E-state index is 12.8. The van der Waals surface area contributed by atoms with Crippen LogP contribution in [0.5, 0.6) is 0 Å². The Labute approximate surface area is 195 Å². The second kappa shape index (κ2) is 11.5. The molecule has 15 heteroatoms. The quantitative estimate of drug-likeness (QED) is 0.277. The van der Waals surface area contributed by atoms with Gasteiger partial charge in [0.05, 0.1) is 0 Å². The van der Waals surface area contributed by atoms with Gasteiger partial charge in [0.2, 0.25) is 11.6 Å². The molecule has 2 aromatic carbocycles. The Hall–Kier alpha value is -2.06. The van der Waals surface area contributed by atoms with E-state index in [9.17, 15) is 63.7 Å². The molecule has 0 N–H and O–H groups in total. The average Bonchev–Trinajstić information content (AvgIpc) is 2.68. The molecule has 0 fully saturated rings. The number of aliphatic carboxylic acids is 2. The van der Waals surface area contributed by atoms with E-state index in [1.54, 1.807) is 0 Å². The Morgan fingerprint density at radius 1 is 0.452 bits per heavy atom. The van der Waals surface area contributed by atoms with Gasteiger partial charge in [0, 0.05) is 35.9 Å². The number of hydrogen-bond donors (Lipinski definition) is 0. The van der Waals surface area contributed by atoms with Gasteiger partial charge >= 0.3 is 37.7 Å². The van der Waals surface area contributed by atoms with E-state index in [-0.39, 0.29) is 37.7 Å². The predicted octanol–water partition coefficient (Wildman–Crippen LogP) is 0.968. The summed E-state index contributed by atoms with van der Waals surface area (Å²) < 4.78 is 126. The third-order valence-electron chi connectivity index (χ3n) is 3.24. The van der Waals surface area contributed by atoms with Crippen LogP contribution in [-0.4, -0.2) is 49.7 Å². The number of benzene rings is 2. The first-order valence-corrected chi connectivity index (χ1v) is 7.12. The average molecular weight is 490 g/mol. The smallest absolute Gasteiger partial charge is 0.550 e. The van der Waals surface area contributed by atoms with Crippen LogP contribution in [0.15, 0.2) is 0 Å². The Morgan fingerprint density at radius 2 is 0.613 bits per heavy atom. The van der Waals surface area contributed by atoms with Crippen molar-refractivity contribution in [3.05, 3.63) is 69.3 Å². The fourth-order valence-electron chi connectivity index (χ4n) is 1.90. The molecule has 0 unspecified atom stereocenters. The first-order valence-electron chi connectivity index (χ1n) is 7.12. The number of carbonyl (C=O) groups excluding carboxylic acids is 2. The molecule has 0 aliphatic rings. The normalized spacial score (nSPS) is 10.1. The monoisotopic (exact) mass is 490 g/mol. The van der Waals surface area contributed by atoms with Crippen molar-refractivity contribution in [2.24, 2.45) is 0 Å². The molecule has 2 rings (SSSR count). The van der Waals surface area contributed by atoms with Crippen molar-refractivity contribution in [2.45, 2.75) is 12.8 Å². The molecule has 0 aromatic heterocycles. The van der Waals surface area contributed by atoms with Gasteiger partial charge in [-0.05, 0) is 0 Å². The third kappa shape index (κ3) is 6.46. The number of carboxylic acids is 2. The van der Waals surface area contributed by atoms with Crippen LogP contribution in [0.1, 0.15) is 11.1 Å². The molecule has 164 valence electrons. The molecule has 0 heterocycles. The van der Waals surface area contributed by atoms with Gasteiger partial charge in [0.15, 0.2) is 46.5 Å². The molecule has 0 amide bonds. The van der Waals surface area contributed by atoms with Gasteiger partial charge in [-0.1, -0.05) is 0 Å². The predicted molar refractivity (Wildman–Crippen MR) is 75.6 cm³/mol. The van der Waals surface area contributed by atoms with Crippen LogP contribution < -0.4 is 10.2 Å². The summed E-state index contributed by atoms with van der Waals surface area (Å²) in [5, 5.41) is 20.0. The molecule has 0 atom stereocenters. The number of halogens is 10. The van der Waals surface area contributed by atoms with Crippen LogP contribution in [0, 0.1) is 58.2 Å². The second-order valence-corrected chi connectivity index (χ2v) is 5.19. The molecule has 2 aromatic rings. The Balaban J connectivity index is 0.000000562. The van der Waals surface area contributed by atoms with Gasteiger partial charge in [-0.2, -0.15) is 0 Å². The topological polar surface area (TPSA) is 80.3 Å². The number of hydrogen-bond acceptors (Lipinski definition) is 4. The summed E-state index contributed by atoms with van der Waals surface area (Å²) in [6, 6.07) is 0. The van der Waals surface area contributed by atoms with Gasteiger partial charge in [-0.15, -0.1) is 0 Å². The summed E-state index contributed by atoms with van der Waals surface area (Å²) in [5.41, 5.74) is -2.82. The van der Waals surface area contributed by atoms with Crippen molar-refractivity contribution in [1.29, 1.82) is 0 Å². The minimum Gasteiger partial charge on any atom is -0.550 e. The second-order valence-electron chi connectivity index (χ2n) is 5.19. The summed E-state index contributed by atoms with van der Waals surface area (Å²) in [6.45, 7) is 0. The van der Waals surface area contributed by atoms with Crippen molar-refractivity contribution in [1.82, 2.24) is 0 Å². The molecule has 0 radical (unpaired) electrons. The Kier molecular flexibility index (Phi) is 10.8. The summed E-state index contributed by atoms with van der Waals surface area (Å²) >= 11 is 0. The minimum atomic E-state index is -2.33. The van der Waals surface area contributed by atoms with Gasteiger partial charge in [0.25, 0.3) is 0 Å². The maximum absolute atomic E-state index is 12.8. The van der Waals surface area contributed by atoms with E-state index < -0.39 is 94.1 Å². The molecule has 0 saturated carbocycles.